The van der Waals surface area contributed by atoms with Crippen molar-refractivity contribution in [3.8, 4) is 0 Å². The maximum absolute atomic E-state index is 12.1. The zero-order valence-corrected chi connectivity index (χ0v) is 25.5. The third-order valence-electron chi connectivity index (χ3n) is 8.59. The summed E-state index contributed by atoms with van der Waals surface area (Å²) >= 11 is 0. The number of nitrogens with one attached hydrogen (secondary N) is 1. The molecule has 0 spiro atoms. The summed E-state index contributed by atoms with van der Waals surface area (Å²) in [4.78, 5) is 12.1. The summed E-state index contributed by atoms with van der Waals surface area (Å²) < 4.78 is 38.4. The van der Waals surface area contributed by atoms with E-state index in [1.165, 1.54) is 0 Å². The van der Waals surface area contributed by atoms with Crippen LogP contribution in [0.2, 0.25) is 0 Å². The average Bonchev–Trinajstić information content (AvgIpc) is 3.06. The van der Waals surface area contributed by atoms with Crippen molar-refractivity contribution in [1.82, 2.24) is 5.32 Å². The number of carbonyl (C=O) groups excluding carboxylic acids is 1. The molecule has 0 aromatic carbocycles. The van der Waals surface area contributed by atoms with Gasteiger partial charge < -0.3 is 105 Å². The molecule has 1 amide bonds. The van der Waals surface area contributed by atoms with Crippen LogP contribution in [0.5, 0.6) is 0 Å². The first-order valence-corrected chi connectivity index (χ1v) is 15.1. The summed E-state index contributed by atoms with van der Waals surface area (Å²) in [6.45, 7) is -2.07. The van der Waals surface area contributed by atoms with E-state index in [2.05, 4.69) is 5.32 Å². The van der Waals surface area contributed by atoms with E-state index in [0.717, 1.165) is 6.92 Å². The Balaban J connectivity index is 1.47. The summed E-state index contributed by atoms with van der Waals surface area (Å²) in [5, 5.41) is 135. The van der Waals surface area contributed by atoms with Crippen LogP contribution in [0.15, 0.2) is 0 Å². The predicted molar refractivity (Wildman–Crippen MR) is 145 cm³/mol. The Labute approximate surface area is 272 Å². The third kappa shape index (κ3) is 8.24. The molecule has 4 saturated heterocycles. The van der Waals surface area contributed by atoms with Crippen LogP contribution in [0.4, 0.5) is 0 Å². The smallest absolute Gasteiger partial charge is 0.217 e. The first kappa shape index (κ1) is 39.5. The minimum atomic E-state index is -1.95. The van der Waals surface area contributed by atoms with E-state index >= 15 is 0 Å². The summed E-state index contributed by atoms with van der Waals surface area (Å²) in [7, 11) is 0. The van der Waals surface area contributed by atoms with Crippen molar-refractivity contribution in [3.63, 3.8) is 0 Å². The maximum Gasteiger partial charge on any atom is 0.217 e. The fourth-order valence-electron chi connectivity index (χ4n) is 5.85. The highest BCUT2D eigenvalue weighted by molar-refractivity contribution is 5.73. The molecule has 0 saturated carbocycles. The van der Waals surface area contributed by atoms with E-state index in [1.807, 2.05) is 0 Å². The van der Waals surface area contributed by atoms with Crippen molar-refractivity contribution >= 4 is 5.91 Å². The molecule has 0 aromatic rings. The van der Waals surface area contributed by atoms with Gasteiger partial charge in [-0.1, -0.05) is 0 Å². The molecule has 14 N–H and O–H groups in total. The van der Waals surface area contributed by atoms with Crippen LogP contribution in [0, 0.1) is 0 Å². The van der Waals surface area contributed by atoms with Gasteiger partial charge in [-0.2, -0.15) is 0 Å². The van der Waals surface area contributed by atoms with Gasteiger partial charge in [-0.05, 0) is 0 Å². The SMILES string of the molecule is CC(=O)N[C@H]1[C@H](OC[C@H]2O[C@@H](O[C@H]3[C@H](O)[C@@H](O)[C@H](O)O[C@@H]3CO)[C@H](O)[C@@H](O)[C@H]2O)O[C@H](CO)[C@@H](O[C@@H]2O[C@H](CO)[C@H](O)[C@H](O)[C@H]2O)[C@@H]1O. The molecule has 0 aromatic heterocycles. The Hall–Kier alpha value is -1.33. The normalized spacial score (nSPS) is 50.2. The van der Waals surface area contributed by atoms with Gasteiger partial charge in [-0.15, -0.1) is 0 Å². The second-order valence-corrected chi connectivity index (χ2v) is 11.9. The van der Waals surface area contributed by atoms with Crippen LogP contribution in [-0.4, -0.2) is 221 Å². The third-order valence-corrected chi connectivity index (χ3v) is 8.59. The van der Waals surface area contributed by atoms with E-state index in [1.54, 1.807) is 0 Å². The van der Waals surface area contributed by atoms with Crippen LogP contribution < -0.4 is 5.32 Å². The number of amides is 1. The van der Waals surface area contributed by atoms with Crippen LogP contribution in [0.25, 0.3) is 0 Å². The number of hydrogen-bond donors (Lipinski definition) is 14. The molecule has 4 aliphatic heterocycles. The van der Waals surface area contributed by atoms with E-state index < -0.39 is 155 Å². The minimum Gasteiger partial charge on any atom is -0.394 e. The fourth-order valence-corrected chi connectivity index (χ4v) is 5.85. The standard InChI is InChI=1S/C26H45NO21/c1-6(31)27-11-14(34)21(47-25-19(39)15(35)12(32)7(2-28)44-25)9(4-30)45-24(11)42-5-10-13(33)16(36)20(40)26(46-10)48-22-8(3-29)43-23(41)18(38)17(22)37/h7-26,28-30,32-41H,2-5H2,1H3,(H,27,31)/t7-,8-,9-,10-,11-,12+,13+,14-,15+,16+,17-,18-,19-,20-,21-,22-,23-,24-,25+,26+/m1/s1. The largest absolute Gasteiger partial charge is 0.394 e. The number of rotatable bonds is 11. The van der Waals surface area contributed by atoms with Gasteiger partial charge in [0, 0.05) is 6.92 Å². The van der Waals surface area contributed by atoms with E-state index in [9.17, 15) is 71.2 Å². The summed E-state index contributed by atoms with van der Waals surface area (Å²) in [5.41, 5.74) is 0. The topological polar surface area (TPSA) is 357 Å². The predicted octanol–water partition coefficient (Wildman–Crippen LogP) is -9.61. The molecule has 4 aliphatic rings. The molecule has 22 heteroatoms. The van der Waals surface area contributed by atoms with Crippen molar-refractivity contribution in [2.24, 2.45) is 0 Å². The number of carbonyl (C=O) groups is 1. The summed E-state index contributed by atoms with van der Waals surface area (Å²) in [6, 6.07) is -1.49. The highest BCUT2D eigenvalue weighted by Gasteiger charge is 2.53. The fraction of sp³-hybridized carbons (Fsp3) is 0.962. The maximum atomic E-state index is 12.1. The van der Waals surface area contributed by atoms with Crippen molar-refractivity contribution in [1.29, 1.82) is 0 Å². The zero-order valence-electron chi connectivity index (χ0n) is 25.5. The Morgan fingerprint density at radius 1 is 0.542 bits per heavy atom. The van der Waals surface area contributed by atoms with Gasteiger partial charge in [-0.25, -0.2) is 0 Å². The molecule has 22 nitrogen and oxygen atoms in total. The molecule has 0 bridgehead atoms. The Morgan fingerprint density at radius 2 is 1.00 bits per heavy atom. The van der Waals surface area contributed by atoms with Crippen molar-refractivity contribution in [3.05, 3.63) is 0 Å². The first-order chi connectivity index (χ1) is 22.6. The molecule has 4 rings (SSSR count). The molecule has 4 heterocycles. The van der Waals surface area contributed by atoms with Crippen LogP contribution in [0.1, 0.15) is 6.92 Å². The number of ether oxygens (including phenoxy) is 7. The highest BCUT2D eigenvalue weighted by Crippen LogP contribution is 2.32. The van der Waals surface area contributed by atoms with Gasteiger partial charge in [0.15, 0.2) is 25.2 Å². The molecule has 280 valence electrons. The number of hydrogen-bond acceptors (Lipinski definition) is 21. The minimum absolute atomic E-state index is 0.703. The van der Waals surface area contributed by atoms with Crippen molar-refractivity contribution < 1.29 is 104 Å². The lowest BCUT2D eigenvalue weighted by atomic mass is 9.95. The van der Waals surface area contributed by atoms with Gasteiger partial charge in [0.25, 0.3) is 0 Å². The Bertz CT molecular complexity index is 1030. The molecular formula is C26H45NO21. The quantitative estimate of drug-likeness (QED) is 0.0947. The van der Waals surface area contributed by atoms with Gasteiger partial charge in [-0.3, -0.25) is 4.79 Å². The molecule has 48 heavy (non-hydrogen) atoms. The van der Waals surface area contributed by atoms with Crippen molar-refractivity contribution in [2.45, 2.75) is 130 Å². The highest BCUT2D eigenvalue weighted by atomic mass is 16.8. The molecule has 0 aliphatic carbocycles. The first-order valence-electron chi connectivity index (χ1n) is 15.1. The second kappa shape index (κ2) is 16.8. The van der Waals surface area contributed by atoms with E-state index in [0.29, 0.717) is 0 Å². The van der Waals surface area contributed by atoms with Crippen LogP contribution in [0.3, 0.4) is 0 Å². The molecule has 0 radical (unpaired) electrons. The molecular weight excluding hydrogens is 662 g/mol. The average molecular weight is 708 g/mol. The van der Waals surface area contributed by atoms with Gasteiger partial charge in [0.2, 0.25) is 5.91 Å². The van der Waals surface area contributed by atoms with Gasteiger partial charge >= 0.3 is 0 Å². The van der Waals surface area contributed by atoms with Crippen molar-refractivity contribution in [2.75, 3.05) is 26.4 Å². The summed E-state index contributed by atoms with van der Waals surface area (Å²) in [6.07, 6.45) is -32.8. The summed E-state index contributed by atoms with van der Waals surface area (Å²) in [5.74, 6) is -0.703. The van der Waals surface area contributed by atoms with E-state index in [-0.39, 0.29) is 0 Å². The van der Waals surface area contributed by atoms with Gasteiger partial charge in [0.05, 0.1) is 26.4 Å². The zero-order chi connectivity index (χ0) is 35.6. The Kier molecular flexibility index (Phi) is 13.8. The molecule has 20 atom stereocenters. The molecule has 4 fully saturated rings. The second-order valence-electron chi connectivity index (χ2n) is 11.9. The Morgan fingerprint density at radius 3 is 1.52 bits per heavy atom. The lowest BCUT2D eigenvalue weighted by Gasteiger charge is -2.48. The lowest BCUT2D eigenvalue weighted by Crippen LogP contribution is -2.68. The van der Waals surface area contributed by atoms with Crippen LogP contribution >= 0.6 is 0 Å². The number of aliphatic hydroxyl groups excluding tert-OH is 13. The number of aliphatic hydroxyl groups is 13. The lowest BCUT2D eigenvalue weighted by molar-refractivity contribution is -0.364. The molecule has 0 unspecified atom stereocenters. The van der Waals surface area contributed by atoms with Gasteiger partial charge in [0.1, 0.15) is 97.6 Å². The monoisotopic (exact) mass is 707 g/mol. The van der Waals surface area contributed by atoms with Crippen LogP contribution in [-0.2, 0) is 38.0 Å². The van der Waals surface area contributed by atoms with E-state index in [4.69, 9.17) is 33.2 Å².